The molecule has 7 N–H and O–H groups in total. The zero-order chi connectivity index (χ0) is 53.0. The number of hydrogen-bond acceptors (Lipinski definition) is 14. The lowest BCUT2D eigenvalue weighted by Crippen LogP contribution is -2.61. The summed E-state index contributed by atoms with van der Waals surface area (Å²) in [6.45, 7) is 3.36. The molecule has 2 saturated heterocycles. The van der Waals surface area contributed by atoms with Crippen LogP contribution in [-0.4, -0.2) is 142 Å². The van der Waals surface area contributed by atoms with E-state index in [1.165, 1.54) is 32.1 Å². The maximum absolute atomic E-state index is 13.0. The van der Waals surface area contributed by atoms with Gasteiger partial charge in [-0.25, -0.2) is 0 Å². The lowest BCUT2D eigenvalue weighted by atomic mass is 9.98. The average molecular weight is 1030 g/mol. The molecule has 0 saturated carbocycles. The lowest BCUT2D eigenvalue weighted by Gasteiger charge is -2.42. The highest BCUT2D eigenvalue weighted by Gasteiger charge is 2.47. The van der Waals surface area contributed by atoms with Gasteiger partial charge >= 0.3 is 5.97 Å². The zero-order valence-corrected chi connectivity index (χ0v) is 44.3. The predicted octanol–water partition coefficient (Wildman–Crippen LogP) is 9.18. The number of unbranched alkanes of at least 4 members (excludes halogenated alkanes) is 10. The van der Waals surface area contributed by atoms with Gasteiger partial charge in [0, 0.05) is 13.0 Å². The molecule has 2 aliphatic heterocycles. The topological polar surface area (TPSA) is 214 Å². The van der Waals surface area contributed by atoms with Crippen LogP contribution < -0.4 is 0 Å². The minimum atomic E-state index is -1.72. The van der Waals surface area contributed by atoms with Crippen LogP contribution in [0.15, 0.2) is 109 Å². The van der Waals surface area contributed by atoms with E-state index in [0.29, 0.717) is 13.0 Å². The number of aliphatic hydroxyl groups is 7. The fraction of sp³-hybridized carbons (Fsp3) is 0.678. The second kappa shape index (κ2) is 44.9. The van der Waals surface area contributed by atoms with Crippen molar-refractivity contribution in [1.29, 1.82) is 0 Å². The lowest BCUT2D eigenvalue weighted by molar-refractivity contribution is -0.332. The van der Waals surface area contributed by atoms with Gasteiger partial charge in [-0.1, -0.05) is 162 Å². The number of ether oxygens (including phenoxy) is 6. The molecule has 2 rings (SSSR count). The Labute approximate surface area is 438 Å². The Bertz CT molecular complexity index is 1620. The van der Waals surface area contributed by atoms with Crippen molar-refractivity contribution in [1.82, 2.24) is 0 Å². The van der Waals surface area contributed by atoms with Crippen molar-refractivity contribution in [3.63, 3.8) is 0 Å². The van der Waals surface area contributed by atoms with E-state index in [2.05, 4.69) is 123 Å². The maximum atomic E-state index is 13.0. The molecule has 14 heteroatoms. The number of carbonyl (C=O) groups excluding carboxylic acids is 1. The van der Waals surface area contributed by atoms with E-state index in [1.54, 1.807) is 0 Å². The van der Waals surface area contributed by atoms with Gasteiger partial charge in [-0.2, -0.15) is 0 Å². The van der Waals surface area contributed by atoms with Crippen molar-refractivity contribution < 1.29 is 69.0 Å². The smallest absolute Gasteiger partial charge is 0.306 e. The Morgan fingerprint density at radius 3 is 1.33 bits per heavy atom. The van der Waals surface area contributed by atoms with E-state index in [1.807, 2.05) is 0 Å². The number of allylic oxidation sites excluding steroid dienone is 18. The Kier molecular flexibility index (Phi) is 40.4. The molecule has 0 aliphatic carbocycles. The molecular weight excluding hydrogens is 933 g/mol. The molecule has 0 bridgehead atoms. The van der Waals surface area contributed by atoms with Crippen molar-refractivity contribution in [2.45, 2.75) is 223 Å². The van der Waals surface area contributed by atoms with Crippen LogP contribution in [0.1, 0.15) is 155 Å². The fourth-order valence-corrected chi connectivity index (χ4v) is 7.89. The van der Waals surface area contributed by atoms with E-state index in [9.17, 15) is 40.5 Å². The highest BCUT2D eigenvalue weighted by molar-refractivity contribution is 5.69. The summed E-state index contributed by atoms with van der Waals surface area (Å²) >= 11 is 0. The first-order chi connectivity index (χ1) is 35.6. The van der Waals surface area contributed by atoms with Gasteiger partial charge in [0.15, 0.2) is 12.6 Å². The number of carbonyl (C=O) groups is 1. The van der Waals surface area contributed by atoms with Gasteiger partial charge in [0.25, 0.3) is 0 Å². The van der Waals surface area contributed by atoms with Gasteiger partial charge in [-0.15, -0.1) is 0 Å². The van der Waals surface area contributed by atoms with Gasteiger partial charge in [0.1, 0.15) is 54.9 Å². The van der Waals surface area contributed by atoms with Crippen LogP contribution in [0.2, 0.25) is 0 Å². The molecule has 0 amide bonds. The van der Waals surface area contributed by atoms with Crippen molar-refractivity contribution in [2.24, 2.45) is 0 Å². The van der Waals surface area contributed by atoms with Crippen LogP contribution in [0.3, 0.4) is 0 Å². The monoisotopic (exact) mass is 1030 g/mol. The second-order valence-corrected chi connectivity index (χ2v) is 18.6. The van der Waals surface area contributed by atoms with Crippen LogP contribution >= 0.6 is 0 Å². The van der Waals surface area contributed by atoms with Gasteiger partial charge in [0.05, 0.1) is 26.4 Å². The number of esters is 1. The summed E-state index contributed by atoms with van der Waals surface area (Å²) in [5.41, 5.74) is 0. The molecule has 0 aromatic heterocycles. The molecule has 0 radical (unpaired) electrons. The summed E-state index contributed by atoms with van der Waals surface area (Å²) in [7, 11) is 0. The standard InChI is InChI=1S/C59H96O14/c1-3-5-7-9-11-13-15-17-19-21-23-24-25-26-28-30-32-34-36-38-40-42-51(61)71-48(45-68-43-41-39-37-35-33-31-29-27-22-20-18-16-14-12-10-8-6-4-2)46-69-58-57(67)55(65)53(63)50(73-58)47-70-59-56(66)54(64)52(62)49(44-60)72-59/h5-8,11-14,17-20,23-24,26,28,32,34,48-50,52-60,62-67H,3-4,9-10,15-16,21-22,25,27,29-31,33,35-47H2,1-2H3/b7-5-,8-6-,13-11-,14-12-,19-17-,20-18-,24-23-,28-26-,34-32-. The molecule has 0 spiro atoms. The SMILES string of the molecule is CC/C=C\C/C=C\C/C=C\C/C=C\C/C=C\C/C=C\CCCCC(=O)OC(COCCCCCCCCCC/C=C\C/C=C\C/C=C\CC)COC1OC(COC2OC(CO)C(O)C(O)C2O)C(O)C(O)C1O. The molecule has 2 aliphatic rings. The van der Waals surface area contributed by atoms with Gasteiger partial charge in [-0.3, -0.25) is 4.79 Å². The molecule has 11 unspecified atom stereocenters. The Morgan fingerprint density at radius 2 is 0.849 bits per heavy atom. The van der Waals surface area contributed by atoms with Crippen LogP contribution in [0.5, 0.6) is 0 Å². The highest BCUT2D eigenvalue weighted by Crippen LogP contribution is 2.26. The molecule has 416 valence electrons. The van der Waals surface area contributed by atoms with Gasteiger partial charge in [-0.05, 0) is 96.3 Å². The Balaban J connectivity index is 1.78. The van der Waals surface area contributed by atoms with E-state index in [-0.39, 0.29) is 19.6 Å². The minimum Gasteiger partial charge on any atom is -0.457 e. The highest BCUT2D eigenvalue weighted by atomic mass is 16.7. The van der Waals surface area contributed by atoms with Crippen molar-refractivity contribution >= 4 is 5.97 Å². The van der Waals surface area contributed by atoms with Crippen molar-refractivity contribution in [3.05, 3.63) is 109 Å². The molecule has 2 fully saturated rings. The maximum Gasteiger partial charge on any atom is 0.306 e. The van der Waals surface area contributed by atoms with E-state index < -0.39 is 86.7 Å². The molecule has 14 nitrogen and oxygen atoms in total. The molecule has 0 aromatic rings. The summed E-state index contributed by atoms with van der Waals surface area (Å²) in [6, 6.07) is 0. The van der Waals surface area contributed by atoms with Gasteiger partial charge in [0.2, 0.25) is 0 Å². The third-order valence-electron chi connectivity index (χ3n) is 12.3. The van der Waals surface area contributed by atoms with Crippen LogP contribution in [0.4, 0.5) is 0 Å². The first-order valence-corrected chi connectivity index (χ1v) is 27.5. The summed E-state index contributed by atoms with van der Waals surface area (Å²) in [5.74, 6) is -0.425. The summed E-state index contributed by atoms with van der Waals surface area (Å²) in [4.78, 5) is 13.0. The van der Waals surface area contributed by atoms with E-state index in [4.69, 9.17) is 28.4 Å². The molecule has 0 aromatic carbocycles. The predicted molar refractivity (Wildman–Crippen MR) is 288 cm³/mol. The van der Waals surface area contributed by atoms with Crippen LogP contribution in [0.25, 0.3) is 0 Å². The number of aliphatic hydroxyl groups excluding tert-OH is 7. The van der Waals surface area contributed by atoms with Gasteiger partial charge < -0.3 is 64.2 Å². The number of rotatable bonds is 42. The summed E-state index contributed by atoms with van der Waals surface area (Å²) < 4.78 is 34.3. The first-order valence-electron chi connectivity index (χ1n) is 27.5. The summed E-state index contributed by atoms with van der Waals surface area (Å²) in [5, 5.41) is 72.3. The Morgan fingerprint density at radius 1 is 0.452 bits per heavy atom. The summed E-state index contributed by atoms with van der Waals surface area (Å²) in [6.07, 6.45) is 44.3. The first kappa shape index (κ1) is 65.8. The number of hydrogen-bond donors (Lipinski definition) is 7. The zero-order valence-electron chi connectivity index (χ0n) is 44.3. The third-order valence-corrected chi connectivity index (χ3v) is 12.3. The van der Waals surface area contributed by atoms with E-state index in [0.717, 1.165) is 96.3 Å². The van der Waals surface area contributed by atoms with E-state index >= 15 is 0 Å². The largest absolute Gasteiger partial charge is 0.457 e. The quantitative estimate of drug-likeness (QED) is 0.0173. The molecule has 11 atom stereocenters. The van der Waals surface area contributed by atoms with Crippen LogP contribution in [0, 0.1) is 0 Å². The Hall–Kier alpha value is -3.35. The molecule has 2 heterocycles. The molecule has 73 heavy (non-hydrogen) atoms. The van der Waals surface area contributed by atoms with Crippen molar-refractivity contribution in [2.75, 3.05) is 33.0 Å². The minimum absolute atomic E-state index is 0.0307. The van der Waals surface area contributed by atoms with Crippen LogP contribution in [-0.2, 0) is 33.2 Å². The second-order valence-electron chi connectivity index (χ2n) is 18.6. The third kappa shape index (κ3) is 32.0. The molecular formula is C59H96O14. The fourth-order valence-electron chi connectivity index (χ4n) is 7.89. The average Bonchev–Trinajstić information content (AvgIpc) is 3.39. The normalized spacial score (nSPS) is 25.8. The van der Waals surface area contributed by atoms with Crippen molar-refractivity contribution in [3.8, 4) is 0 Å².